The molecule has 21 heavy (non-hydrogen) atoms. The van der Waals surface area contributed by atoms with E-state index in [9.17, 15) is 4.79 Å². The Labute approximate surface area is 131 Å². The third-order valence-corrected chi connectivity index (χ3v) is 3.98. The number of halogens is 1. The Balaban J connectivity index is 2.19. The lowest BCUT2D eigenvalue weighted by Gasteiger charge is -2.03. The third-order valence-electron chi connectivity index (χ3n) is 3.49. The maximum Gasteiger partial charge on any atom is 0.135 e. The molecule has 0 amide bonds. The first-order valence-corrected chi connectivity index (χ1v) is 7.70. The Bertz CT molecular complexity index is 788. The molecule has 0 fully saturated rings. The molecule has 106 valence electrons. The van der Waals surface area contributed by atoms with Gasteiger partial charge in [-0.3, -0.25) is 0 Å². The predicted molar refractivity (Wildman–Crippen MR) is 88.4 cm³/mol. The second kappa shape index (κ2) is 5.86. The SMILES string of the molecule is CC(=O)CCc1oc2ccc(Br)cc2c1-c1ccccc1. The number of hydrogen-bond donors (Lipinski definition) is 0. The molecule has 2 aromatic carbocycles. The number of ketones is 1. The van der Waals surface area contributed by atoms with E-state index in [0.29, 0.717) is 12.8 Å². The first-order valence-electron chi connectivity index (χ1n) is 6.91. The van der Waals surface area contributed by atoms with Crippen LogP contribution in [0.4, 0.5) is 0 Å². The molecular weight excluding hydrogens is 328 g/mol. The lowest BCUT2D eigenvalue weighted by atomic mass is 10.00. The molecule has 1 aromatic heterocycles. The predicted octanol–water partition coefficient (Wildman–Crippen LogP) is 5.38. The number of Topliss-reactive ketones (excluding diaryl/α,β-unsaturated/α-hetero) is 1. The lowest BCUT2D eigenvalue weighted by molar-refractivity contribution is -0.117. The summed E-state index contributed by atoms with van der Waals surface area (Å²) in [4.78, 5) is 11.3. The number of furan rings is 1. The summed E-state index contributed by atoms with van der Waals surface area (Å²) in [6.07, 6.45) is 1.13. The minimum Gasteiger partial charge on any atom is -0.460 e. The molecule has 0 N–H and O–H groups in total. The molecule has 0 aliphatic carbocycles. The van der Waals surface area contributed by atoms with Crippen LogP contribution >= 0.6 is 15.9 Å². The van der Waals surface area contributed by atoms with Crippen molar-refractivity contribution in [3.63, 3.8) is 0 Å². The highest BCUT2D eigenvalue weighted by Crippen LogP contribution is 2.36. The van der Waals surface area contributed by atoms with Crippen molar-refractivity contribution in [3.05, 3.63) is 58.8 Å². The van der Waals surface area contributed by atoms with Gasteiger partial charge in [0.05, 0.1) is 0 Å². The minimum atomic E-state index is 0.177. The van der Waals surface area contributed by atoms with E-state index >= 15 is 0 Å². The van der Waals surface area contributed by atoms with E-state index < -0.39 is 0 Å². The van der Waals surface area contributed by atoms with Gasteiger partial charge in [0, 0.05) is 28.3 Å². The molecule has 2 nitrogen and oxygen atoms in total. The van der Waals surface area contributed by atoms with Gasteiger partial charge in [-0.25, -0.2) is 0 Å². The smallest absolute Gasteiger partial charge is 0.135 e. The molecule has 0 saturated carbocycles. The Kier molecular flexibility index (Phi) is 3.93. The van der Waals surface area contributed by atoms with Crippen molar-refractivity contribution in [1.29, 1.82) is 0 Å². The molecule has 1 heterocycles. The molecule has 3 heteroatoms. The fourth-order valence-corrected chi connectivity index (χ4v) is 2.87. The van der Waals surface area contributed by atoms with Gasteiger partial charge < -0.3 is 9.21 Å². The van der Waals surface area contributed by atoms with Crippen molar-refractivity contribution in [2.24, 2.45) is 0 Å². The van der Waals surface area contributed by atoms with Crippen molar-refractivity contribution in [2.75, 3.05) is 0 Å². The molecule has 0 aliphatic heterocycles. The average Bonchev–Trinajstić information content (AvgIpc) is 2.83. The van der Waals surface area contributed by atoms with E-state index in [1.165, 1.54) is 0 Å². The van der Waals surface area contributed by atoms with Crippen LogP contribution in [0.3, 0.4) is 0 Å². The maximum absolute atomic E-state index is 11.3. The van der Waals surface area contributed by atoms with Gasteiger partial charge >= 0.3 is 0 Å². The van der Waals surface area contributed by atoms with Gasteiger partial charge in [0.1, 0.15) is 17.1 Å². The van der Waals surface area contributed by atoms with E-state index in [2.05, 4.69) is 34.1 Å². The van der Waals surface area contributed by atoms with E-state index in [4.69, 9.17) is 4.42 Å². The number of fused-ring (bicyclic) bond motifs is 1. The van der Waals surface area contributed by atoms with Gasteiger partial charge in [0.2, 0.25) is 0 Å². The summed E-state index contributed by atoms with van der Waals surface area (Å²) in [5.74, 6) is 1.06. The van der Waals surface area contributed by atoms with Crippen molar-refractivity contribution >= 4 is 32.7 Å². The molecule has 0 spiro atoms. The van der Waals surface area contributed by atoms with Crippen LogP contribution in [0.5, 0.6) is 0 Å². The van der Waals surface area contributed by atoms with E-state index in [0.717, 1.165) is 32.3 Å². The topological polar surface area (TPSA) is 30.2 Å². The van der Waals surface area contributed by atoms with Crippen LogP contribution in [0.25, 0.3) is 22.1 Å². The molecule has 0 unspecified atom stereocenters. The van der Waals surface area contributed by atoms with Crippen LogP contribution in [0.15, 0.2) is 57.4 Å². The zero-order chi connectivity index (χ0) is 14.8. The molecule has 0 bridgehead atoms. The molecular formula is C18H15BrO2. The monoisotopic (exact) mass is 342 g/mol. The van der Waals surface area contributed by atoms with Gasteiger partial charge in [0.25, 0.3) is 0 Å². The van der Waals surface area contributed by atoms with Gasteiger partial charge in [-0.1, -0.05) is 46.3 Å². The van der Waals surface area contributed by atoms with Crippen molar-refractivity contribution in [2.45, 2.75) is 19.8 Å². The van der Waals surface area contributed by atoms with Crippen molar-refractivity contribution < 1.29 is 9.21 Å². The second-order valence-electron chi connectivity index (χ2n) is 5.11. The highest BCUT2D eigenvalue weighted by atomic mass is 79.9. The molecule has 0 saturated heterocycles. The Morgan fingerprint density at radius 3 is 2.62 bits per heavy atom. The van der Waals surface area contributed by atoms with E-state index in [-0.39, 0.29) is 5.78 Å². The zero-order valence-electron chi connectivity index (χ0n) is 11.7. The summed E-state index contributed by atoms with van der Waals surface area (Å²) in [5.41, 5.74) is 3.07. The number of carbonyl (C=O) groups is 1. The van der Waals surface area contributed by atoms with Crippen LogP contribution in [0.1, 0.15) is 19.1 Å². The summed E-state index contributed by atoms with van der Waals surface area (Å²) in [6, 6.07) is 16.2. The summed E-state index contributed by atoms with van der Waals surface area (Å²) >= 11 is 3.51. The summed E-state index contributed by atoms with van der Waals surface area (Å²) < 4.78 is 7.01. The molecule has 0 radical (unpaired) electrons. The summed E-state index contributed by atoms with van der Waals surface area (Å²) in [6.45, 7) is 1.61. The maximum atomic E-state index is 11.3. The van der Waals surface area contributed by atoms with Gasteiger partial charge in [-0.05, 0) is 30.7 Å². The second-order valence-corrected chi connectivity index (χ2v) is 6.02. The van der Waals surface area contributed by atoms with Crippen LogP contribution in [-0.4, -0.2) is 5.78 Å². The number of benzene rings is 2. The first-order chi connectivity index (χ1) is 10.1. The number of rotatable bonds is 4. The van der Waals surface area contributed by atoms with E-state index in [1.54, 1.807) is 6.92 Å². The van der Waals surface area contributed by atoms with Gasteiger partial charge in [-0.15, -0.1) is 0 Å². The van der Waals surface area contributed by atoms with Crippen molar-refractivity contribution in [1.82, 2.24) is 0 Å². The normalized spacial score (nSPS) is 11.0. The third kappa shape index (κ3) is 2.93. The minimum absolute atomic E-state index is 0.177. The zero-order valence-corrected chi connectivity index (χ0v) is 13.3. The van der Waals surface area contributed by atoms with Crippen LogP contribution in [0, 0.1) is 0 Å². The largest absolute Gasteiger partial charge is 0.460 e. The van der Waals surface area contributed by atoms with Crippen molar-refractivity contribution in [3.8, 4) is 11.1 Å². The summed E-state index contributed by atoms with van der Waals surface area (Å²) in [5, 5.41) is 1.08. The lowest BCUT2D eigenvalue weighted by Crippen LogP contribution is -1.94. The molecule has 3 aromatic rings. The number of hydrogen-bond acceptors (Lipinski definition) is 2. The summed E-state index contributed by atoms with van der Waals surface area (Å²) in [7, 11) is 0. The molecule has 3 rings (SSSR count). The quantitative estimate of drug-likeness (QED) is 0.636. The van der Waals surface area contributed by atoms with Crippen LogP contribution in [0.2, 0.25) is 0 Å². The fourth-order valence-electron chi connectivity index (χ4n) is 2.51. The highest BCUT2D eigenvalue weighted by molar-refractivity contribution is 9.10. The van der Waals surface area contributed by atoms with Crippen LogP contribution < -0.4 is 0 Å². The van der Waals surface area contributed by atoms with Gasteiger partial charge in [-0.2, -0.15) is 0 Å². The van der Waals surface area contributed by atoms with Gasteiger partial charge in [0.15, 0.2) is 0 Å². The fraction of sp³-hybridized carbons (Fsp3) is 0.167. The van der Waals surface area contributed by atoms with Crippen LogP contribution in [-0.2, 0) is 11.2 Å². The number of carbonyl (C=O) groups excluding carboxylic acids is 1. The Morgan fingerprint density at radius 2 is 1.90 bits per heavy atom. The molecule has 0 aliphatic rings. The van der Waals surface area contributed by atoms with E-state index in [1.807, 2.05) is 30.3 Å². The first kappa shape index (κ1) is 14.1. The standard InChI is InChI=1S/C18H15BrO2/c1-12(20)7-9-17-18(13-5-3-2-4-6-13)15-11-14(19)8-10-16(15)21-17/h2-6,8,10-11H,7,9H2,1H3. The molecule has 0 atom stereocenters. The average molecular weight is 343 g/mol. The Morgan fingerprint density at radius 1 is 1.14 bits per heavy atom. The Hall–Kier alpha value is -1.87. The number of aryl methyl sites for hydroxylation is 1. The highest BCUT2D eigenvalue weighted by Gasteiger charge is 2.16.